The van der Waals surface area contributed by atoms with E-state index in [2.05, 4.69) is 20.8 Å². The van der Waals surface area contributed by atoms with E-state index in [0.29, 0.717) is 11.3 Å². The molecule has 1 N–H and O–H groups in total. The summed E-state index contributed by atoms with van der Waals surface area (Å²) < 4.78 is 16.3. The van der Waals surface area contributed by atoms with E-state index >= 15 is 0 Å². The lowest BCUT2D eigenvalue weighted by atomic mass is 9.81. The van der Waals surface area contributed by atoms with E-state index in [4.69, 9.17) is 5.10 Å². The number of rotatable bonds is 3. The summed E-state index contributed by atoms with van der Waals surface area (Å²) in [6.07, 6.45) is 2.65. The highest BCUT2D eigenvalue weighted by molar-refractivity contribution is 5.71. The van der Waals surface area contributed by atoms with Gasteiger partial charge in [0.25, 0.3) is 0 Å². The maximum absolute atomic E-state index is 14.4. The Balaban J connectivity index is 2.24. The van der Waals surface area contributed by atoms with Gasteiger partial charge in [0.05, 0.1) is 17.7 Å². The van der Waals surface area contributed by atoms with Gasteiger partial charge in [-0.25, -0.2) is 4.39 Å². The van der Waals surface area contributed by atoms with Crippen LogP contribution >= 0.6 is 0 Å². The third kappa shape index (κ3) is 2.95. The molecule has 0 bridgehead atoms. The molecule has 0 fully saturated rings. The second-order valence-electron chi connectivity index (χ2n) is 7.46. The first-order chi connectivity index (χ1) is 11.3. The smallest absolute Gasteiger partial charge is 0.303 e. The van der Waals surface area contributed by atoms with Crippen molar-refractivity contribution in [1.82, 2.24) is 9.78 Å². The van der Waals surface area contributed by atoms with Crippen molar-refractivity contribution in [3.63, 3.8) is 0 Å². The van der Waals surface area contributed by atoms with Crippen molar-refractivity contribution in [1.29, 1.82) is 0 Å². The van der Waals surface area contributed by atoms with Crippen molar-refractivity contribution in [3.05, 3.63) is 41.3 Å². The van der Waals surface area contributed by atoms with Crippen LogP contribution in [0, 0.1) is 5.82 Å². The predicted molar refractivity (Wildman–Crippen MR) is 90.5 cm³/mol. The van der Waals surface area contributed by atoms with E-state index in [0.717, 1.165) is 30.5 Å². The quantitative estimate of drug-likeness (QED) is 0.911. The fourth-order valence-electron chi connectivity index (χ4n) is 3.62. The number of carboxylic acid groups (broad SMARTS) is 1. The number of carboxylic acids is 1. The van der Waals surface area contributed by atoms with Gasteiger partial charge >= 0.3 is 5.97 Å². The molecule has 1 aliphatic rings. The number of halogens is 1. The fraction of sp³-hybridized carbons (Fsp3) is 0.474. The van der Waals surface area contributed by atoms with Crippen LogP contribution in [0.15, 0.2) is 24.3 Å². The summed E-state index contributed by atoms with van der Waals surface area (Å²) >= 11 is 0. The lowest BCUT2D eigenvalue weighted by Crippen LogP contribution is -2.27. The molecule has 1 atom stereocenters. The van der Waals surface area contributed by atoms with Gasteiger partial charge in [-0.15, -0.1) is 0 Å². The van der Waals surface area contributed by atoms with Crippen LogP contribution in [0.5, 0.6) is 0 Å². The number of aliphatic carboxylic acids is 1. The van der Waals surface area contributed by atoms with Crippen LogP contribution in [0.2, 0.25) is 0 Å². The summed E-state index contributed by atoms with van der Waals surface area (Å²) in [5.74, 6) is -1.26. The van der Waals surface area contributed by atoms with E-state index in [1.807, 2.05) is 4.68 Å². The number of carbonyl (C=O) groups is 1. The summed E-state index contributed by atoms with van der Waals surface area (Å²) in [5, 5.41) is 14.0. The minimum atomic E-state index is -0.823. The van der Waals surface area contributed by atoms with Gasteiger partial charge in [0.15, 0.2) is 0 Å². The number of nitrogens with zero attached hydrogens (tertiary/aromatic N) is 2. The van der Waals surface area contributed by atoms with Crippen LogP contribution in [0.1, 0.15) is 57.2 Å². The SMILES string of the molecule is CC(C)(C)n1nc(-c2ccccc2F)c2c1CCCC2CC(=O)O. The largest absolute Gasteiger partial charge is 0.481 e. The van der Waals surface area contributed by atoms with Crippen molar-refractivity contribution in [2.24, 2.45) is 0 Å². The molecule has 0 spiro atoms. The average Bonchev–Trinajstić information content (AvgIpc) is 2.88. The number of hydrogen-bond donors (Lipinski definition) is 1. The Morgan fingerprint density at radius 1 is 1.38 bits per heavy atom. The lowest BCUT2D eigenvalue weighted by molar-refractivity contribution is -0.137. The Morgan fingerprint density at radius 2 is 2.08 bits per heavy atom. The first-order valence-electron chi connectivity index (χ1n) is 8.38. The summed E-state index contributed by atoms with van der Waals surface area (Å²) in [6, 6.07) is 6.58. The second-order valence-corrected chi connectivity index (χ2v) is 7.46. The Kier molecular flexibility index (Phi) is 4.20. The normalized spacial score (nSPS) is 17.6. The maximum atomic E-state index is 14.4. The second kappa shape index (κ2) is 6.04. The molecule has 1 heterocycles. The average molecular weight is 330 g/mol. The molecular formula is C19H23FN2O2. The van der Waals surface area contributed by atoms with Crippen molar-refractivity contribution in [2.75, 3.05) is 0 Å². The monoisotopic (exact) mass is 330 g/mol. The zero-order valence-corrected chi connectivity index (χ0v) is 14.3. The molecule has 5 heteroatoms. The molecule has 1 aliphatic carbocycles. The first-order valence-corrected chi connectivity index (χ1v) is 8.38. The number of fused-ring (bicyclic) bond motifs is 1. The van der Waals surface area contributed by atoms with Gasteiger partial charge in [-0.1, -0.05) is 12.1 Å². The fourth-order valence-corrected chi connectivity index (χ4v) is 3.62. The minimum absolute atomic E-state index is 0.0598. The van der Waals surface area contributed by atoms with Gasteiger partial charge < -0.3 is 5.11 Å². The Hall–Kier alpha value is -2.17. The van der Waals surface area contributed by atoms with E-state index in [-0.39, 0.29) is 23.7 Å². The molecule has 4 nitrogen and oxygen atoms in total. The maximum Gasteiger partial charge on any atom is 0.303 e. The molecule has 2 aromatic rings. The molecule has 1 aromatic heterocycles. The lowest BCUT2D eigenvalue weighted by Gasteiger charge is -2.27. The number of benzene rings is 1. The Labute approximate surface area is 141 Å². The van der Waals surface area contributed by atoms with Gasteiger partial charge in [-0.3, -0.25) is 9.48 Å². The summed E-state index contributed by atoms with van der Waals surface area (Å²) in [5.41, 5.74) is 2.79. The van der Waals surface area contributed by atoms with E-state index in [1.165, 1.54) is 6.07 Å². The molecule has 24 heavy (non-hydrogen) atoms. The van der Waals surface area contributed by atoms with Gasteiger partial charge in [0.2, 0.25) is 0 Å². The number of aromatic nitrogens is 2. The molecule has 0 amide bonds. The van der Waals surface area contributed by atoms with Crippen molar-refractivity contribution >= 4 is 5.97 Å². The number of hydrogen-bond acceptors (Lipinski definition) is 2. The molecule has 0 saturated carbocycles. The van der Waals surface area contributed by atoms with Crippen LogP contribution in [0.25, 0.3) is 11.3 Å². The molecule has 1 aromatic carbocycles. The predicted octanol–water partition coefficient (Wildman–Crippen LogP) is 4.34. The molecule has 3 rings (SSSR count). The minimum Gasteiger partial charge on any atom is -0.481 e. The van der Waals surface area contributed by atoms with Crippen LogP contribution in [-0.2, 0) is 16.8 Å². The topological polar surface area (TPSA) is 55.1 Å². The van der Waals surface area contributed by atoms with Gasteiger partial charge in [-0.05, 0) is 58.1 Å². The molecule has 1 unspecified atom stereocenters. The molecule has 0 saturated heterocycles. The summed E-state index contributed by atoms with van der Waals surface area (Å²) in [7, 11) is 0. The van der Waals surface area contributed by atoms with Gasteiger partial charge in [0.1, 0.15) is 5.82 Å². The highest BCUT2D eigenvalue weighted by atomic mass is 19.1. The zero-order valence-electron chi connectivity index (χ0n) is 14.3. The molecule has 0 radical (unpaired) electrons. The van der Waals surface area contributed by atoms with Gasteiger partial charge in [-0.2, -0.15) is 5.10 Å². The van der Waals surface area contributed by atoms with Crippen LogP contribution in [-0.4, -0.2) is 20.9 Å². The molecule has 0 aliphatic heterocycles. The Morgan fingerprint density at radius 3 is 2.71 bits per heavy atom. The van der Waals surface area contributed by atoms with E-state index < -0.39 is 5.97 Å². The van der Waals surface area contributed by atoms with Crippen molar-refractivity contribution in [3.8, 4) is 11.3 Å². The van der Waals surface area contributed by atoms with Crippen LogP contribution < -0.4 is 0 Å². The van der Waals surface area contributed by atoms with Crippen molar-refractivity contribution in [2.45, 2.75) is 57.9 Å². The van der Waals surface area contributed by atoms with Gasteiger partial charge in [0, 0.05) is 16.8 Å². The molecular weight excluding hydrogens is 307 g/mol. The van der Waals surface area contributed by atoms with E-state index in [9.17, 15) is 14.3 Å². The standard InChI is InChI=1S/C19H23FN2O2/c1-19(2,3)22-15-10-6-7-12(11-16(23)24)17(15)18(21-22)13-8-4-5-9-14(13)20/h4-5,8-9,12H,6-7,10-11H2,1-3H3,(H,23,24). The highest BCUT2D eigenvalue weighted by Crippen LogP contribution is 2.42. The van der Waals surface area contributed by atoms with Crippen LogP contribution in [0.4, 0.5) is 4.39 Å². The zero-order chi connectivity index (χ0) is 17.5. The third-order valence-electron chi connectivity index (χ3n) is 4.58. The Bertz CT molecular complexity index is 774. The summed E-state index contributed by atoms with van der Waals surface area (Å²) in [6.45, 7) is 6.19. The van der Waals surface area contributed by atoms with E-state index in [1.54, 1.807) is 18.2 Å². The summed E-state index contributed by atoms with van der Waals surface area (Å²) in [4.78, 5) is 11.3. The molecule has 128 valence electrons. The highest BCUT2D eigenvalue weighted by Gasteiger charge is 2.33. The third-order valence-corrected chi connectivity index (χ3v) is 4.58. The first kappa shape index (κ1) is 16.7. The van der Waals surface area contributed by atoms with Crippen LogP contribution in [0.3, 0.4) is 0 Å². The van der Waals surface area contributed by atoms with Crippen molar-refractivity contribution < 1.29 is 14.3 Å².